The quantitative estimate of drug-likeness (QED) is 0.819. The van der Waals surface area contributed by atoms with E-state index in [0.717, 1.165) is 11.1 Å². The van der Waals surface area contributed by atoms with Crippen molar-refractivity contribution >= 4 is 5.97 Å². The predicted molar refractivity (Wildman–Crippen MR) is 84.2 cm³/mol. The predicted octanol–water partition coefficient (Wildman–Crippen LogP) is 2.57. The highest BCUT2D eigenvalue weighted by molar-refractivity contribution is 5.83. The fraction of sp³-hybridized carbons (Fsp3) is 0.588. The van der Waals surface area contributed by atoms with Gasteiger partial charge in [-0.1, -0.05) is 29.8 Å². The van der Waals surface area contributed by atoms with E-state index in [1.807, 2.05) is 52.0 Å². The molecule has 0 amide bonds. The largest absolute Gasteiger partial charge is 0.468 e. The van der Waals surface area contributed by atoms with Gasteiger partial charge in [0, 0.05) is 13.2 Å². The van der Waals surface area contributed by atoms with Crippen molar-refractivity contribution in [2.75, 3.05) is 20.3 Å². The minimum absolute atomic E-state index is 0.191. The summed E-state index contributed by atoms with van der Waals surface area (Å²) in [7, 11) is 1.40. The molecule has 0 bridgehead atoms. The minimum atomic E-state index is -0.855. The number of rotatable bonds is 6. The third-order valence-electron chi connectivity index (χ3n) is 3.56. The van der Waals surface area contributed by atoms with Crippen LogP contribution in [0.1, 0.15) is 38.3 Å². The third-order valence-corrected chi connectivity index (χ3v) is 3.56. The van der Waals surface area contributed by atoms with Crippen molar-refractivity contribution in [3.8, 4) is 0 Å². The summed E-state index contributed by atoms with van der Waals surface area (Å²) in [5, 5.41) is 0. The molecule has 4 nitrogen and oxygen atoms in total. The minimum Gasteiger partial charge on any atom is -0.468 e. The van der Waals surface area contributed by atoms with Gasteiger partial charge in [-0.3, -0.25) is 4.79 Å². The van der Waals surface area contributed by atoms with Crippen molar-refractivity contribution in [1.29, 1.82) is 0 Å². The Morgan fingerprint density at radius 1 is 1.29 bits per heavy atom. The molecule has 118 valence electrons. The Balaban J connectivity index is 3.08. The van der Waals surface area contributed by atoms with Crippen LogP contribution in [0.2, 0.25) is 0 Å². The molecule has 0 radical (unpaired) electrons. The van der Waals surface area contributed by atoms with Gasteiger partial charge in [-0.25, -0.2) is 0 Å². The van der Waals surface area contributed by atoms with E-state index >= 15 is 0 Å². The summed E-state index contributed by atoms with van der Waals surface area (Å²) in [6, 6.07) is 7.84. The van der Waals surface area contributed by atoms with Crippen LogP contribution >= 0.6 is 0 Å². The maximum Gasteiger partial charge on any atom is 0.317 e. The molecule has 0 aliphatic heterocycles. The number of carbonyl (C=O) groups is 1. The van der Waals surface area contributed by atoms with Crippen molar-refractivity contribution < 1.29 is 14.3 Å². The standard InChI is InChI=1S/C17H27NO3/c1-13-7-6-8-14(11-13)17(12-18,15(19)20-5)9-10-21-16(2,3)4/h6-8,11H,9-10,12,18H2,1-5H3. The average Bonchev–Trinajstić information content (AvgIpc) is 2.42. The van der Waals surface area contributed by atoms with Gasteiger partial charge in [0.15, 0.2) is 0 Å². The highest BCUT2D eigenvalue weighted by Crippen LogP contribution is 2.30. The summed E-state index contributed by atoms with van der Waals surface area (Å²) in [5.74, 6) is -0.312. The fourth-order valence-electron chi connectivity index (χ4n) is 2.34. The first-order chi connectivity index (χ1) is 9.75. The lowest BCUT2D eigenvalue weighted by Crippen LogP contribution is -2.45. The number of esters is 1. The Bertz CT molecular complexity index is 479. The molecule has 1 aromatic carbocycles. The Hall–Kier alpha value is -1.39. The maximum atomic E-state index is 12.4. The second kappa shape index (κ2) is 7.05. The molecule has 0 fully saturated rings. The molecule has 4 heteroatoms. The number of methoxy groups -OCH3 is 1. The Kier molecular flexibility index (Phi) is 5.93. The SMILES string of the molecule is COC(=O)C(CN)(CCOC(C)(C)C)c1cccc(C)c1. The van der Waals surface area contributed by atoms with Gasteiger partial charge in [-0.05, 0) is 39.7 Å². The summed E-state index contributed by atoms with van der Waals surface area (Å²) in [6.45, 7) is 8.60. The third kappa shape index (κ3) is 4.55. The molecule has 1 aromatic rings. The summed E-state index contributed by atoms with van der Waals surface area (Å²) in [4.78, 5) is 12.4. The van der Waals surface area contributed by atoms with Crippen LogP contribution in [-0.2, 0) is 19.7 Å². The summed E-state index contributed by atoms with van der Waals surface area (Å²) in [6.07, 6.45) is 0.497. The van der Waals surface area contributed by atoms with Gasteiger partial charge >= 0.3 is 5.97 Å². The van der Waals surface area contributed by atoms with E-state index < -0.39 is 5.41 Å². The van der Waals surface area contributed by atoms with Crippen molar-refractivity contribution in [3.63, 3.8) is 0 Å². The zero-order valence-corrected chi connectivity index (χ0v) is 13.7. The van der Waals surface area contributed by atoms with E-state index in [2.05, 4.69) is 0 Å². The van der Waals surface area contributed by atoms with Crippen molar-refractivity contribution in [3.05, 3.63) is 35.4 Å². The zero-order chi connectivity index (χ0) is 16.1. The van der Waals surface area contributed by atoms with Crippen LogP contribution in [0.4, 0.5) is 0 Å². The molecular formula is C17H27NO3. The molecule has 0 aliphatic carbocycles. The first kappa shape index (κ1) is 17.7. The van der Waals surface area contributed by atoms with Crippen molar-refractivity contribution in [1.82, 2.24) is 0 Å². The van der Waals surface area contributed by atoms with Gasteiger partial charge < -0.3 is 15.2 Å². The molecule has 0 saturated heterocycles. The lowest BCUT2D eigenvalue weighted by molar-refractivity contribution is -0.148. The van der Waals surface area contributed by atoms with Crippen molar-refractivity contribution in [2.45, 2.75) is 45.1 Å². The van der Waals surface area contributed by atoms with E-state index in [1.54, 1.807) is 0 Å². The summed E-state index contributed by atoms with van der Waals surface area (Å²) < 4.78 is 10.8. The first-order valence-corrected chi connectivity index (χ1v) is 7.25. The Labute approximate surface area is 127 Å². The molecule has 1 unspecified atom stereocenters. The van der Waals surface area contributed by atoms with Gasteiger partial charge in [-0.15, -0.1) is 0 Å². The van der Waals surface area contributed by atoms with Gasteiger partial charge in [0.25, 0.3) is 0 Å². The number of hydrogen-bond donors (Lipinski definition) is 1. The van der Waals surface area contributed by atoms with Crippen LogP contribution < -0.4 is 5.73 Å². The highest BCUT2D eigenvalue weighted by Gasteiger charge is 2.40. The van der Waals surface area contributed by atoms with E-state index in [0.29, 0.717) is 13.0 Å². The normalized spacial score (nSPS) is 14.6. The molecule has 0 aliphatic rings. The molecule has 1 rings (SSSR count). The van der Waals surface area contributed by atoms with Gasteiger partial charge in [-0.2, -0.15) is 0 Å². The summed E-state index contributed by atoms with van der Waals surface area (Å²) in [5.41, 5.74) is 6.83. The number of ether oxygens (including phenoxy) is 2. The number of hydrogen-bond acceptors (Lipinski definition) is 4. The molecule has 2 N–H and O–H groups in total. The smallest absolute Gasteiger partial charge is 0.317 e. The lowest BCUT2D eigenvalue weighted by atomic mass is 9.77. The van der Waals surface area contributed by atoms with E-state index in [9.17, 15) is 4.79 Å². The average molecular weight is 293 g/mol. The van der Waals surface area contributed by atoms with Crippen molar-refractivity contribution in [2.24, 2.45) is 5.73 Å². The molecule has 0 saturated carbocycles. The Morgan fingerprint density at radius 2 is 1.95 bits per heavy atom. The molecule has 0 spiro atoms. The topological polar surface area (TPSA) is 61.5 Å². The van der Waals surface area contributed by atoms with Gasteiger partial charge in [0.05, 0.1) is 12.7 Å². The second-order valence-corrected chi connectivity index (χ2v) is 6.36. The number of aryl methyl sites for hydroxylation is 1. The highest BCUT2D eigenvalue weighted by atomic mass is 16.5. The maximum absolute atomic E-state index is 12.4. The van der Waals surface area contributed by atoms with Crippen LogP contribution in [0.3, 0.4) is 0 Å². The number of carbonyl (C=O) groups excluding carboxylic acids is 1. The molecule has 21 heavy (non-hydrogen) atoms. The van der Waals surface area contributed by atoms with E-state index in [-0.39, 0.29) is 18.1 Å². The molecule has 0 aromatic heterocycles. The van der Waals surface area contributed by atoms with Gasteiger partial charge in [0.1, 0.15) is 5.41 Å². The Morgan fingerprint density at radius 3 is 2.43 bits per heavy atom. The van der Waals surface area contributed by atoms with Crippen LogP contribution in [0.5, 0.6) is 0 Å². The fourth-order valence-corrected chi connectivity index (χ4v) is 2.34. The first-order valence-electron chi connectivity index (χ1n) is 7.25. The van der Waals surface area contributed by atoms with Crippen LogP contribution in [0.25, 0.3) is 0 Å². The van der Waals surface area contributed by atoms with Crippen LogP contribution in [0, 0.1) is 6.92 Å². The monoisotopic (exact) mass is 293 g/mol. The molecule has 1 atom stereocenters. The van der Waals surface area contributed by atoms with Gasteiger partial charge in [0.2, 0.25) is 0 Å². The molecule has 0 heterocycles. The lowest BCUT2D eigenvalue weighted by Gasteiger charge is -2.31. The number of nitrogens with two attached hydrogens (primary N) is 1. The summed E-state index contributed by atoms with van der Waals surface area (Å²) >= 11 is 0. The second-order valence-electron chi connectivity index (χ2n) is 6.36. The molecular weight excluding hydrogens is 266 g/mol. The van der Waals surface area contributed by atoms with E-state index in [4.69, 9.17) is 15.2 Å². The van der Waals surface area contributed by atoms with Crippen LogP contribution in [0.15, 0.2) is 24.3 Å². The van der Waals surface area contributed by atoms with E-state index in [1.165, 1.54) is 7.11 Å². The van der Waals surface area contributed by atoms with Crippen LogP contribution in [-0.4, -0.2) is 31.8 Å². The zero-order valence-electron chi connectivity index (χ0n) is 13.7. The number of benzene rings is 1.